The van der Waals surface area contributed by atoms with Crippen LogP contribution in [0.2, 0.25) is 0 Å². The van der Waals surface area contributed by atoms with E-state index in [0.29, 0.717) is 11.3 Å². The largest absolute Gasteiger partial charge is 0.481 e. The van der Waals surface area contributed by atoms with Gasteiger partial charge >= 0.3 is 0 Å². The molecule has 1 rings (SSSR count). The van der Waals surface area contributed by atoms with Crippen molar-refractivity contribution in [2.24, 2.45) is 5.73 Å². The minimum Gasteiger partial charge on any atom is -0.481 e. The van der Waals surface area contributed by atoms with Gasteiger partial charge in [-0.3, -0.25) is 4.79 Å². The van der Waals surface area contributed by atoms with Crippen LogP contribution in [0.15, 0.2) is 18.2 Å². The van der Waals surface area contributed by atoms with Gasteiger partial charge in [0.05, 0.1) is 0 Å². The number of hydrogen-bond acceptors (Lipinski definition) is 3. The first-order valence-electron chi connectivity index (χ1n) is 7.37. The van der Waals surface area contributed by atoms with Crippen LogP contribution in [0, 0.1) is 5.82 Å². The van der Waals surface area contributed by atoms with Gasteiger partial charge in [-0.15, -0.1) is 0 Å². The Morgan fingerprint density at radius 3 is 2.57 bits per heavy atom. The van der Waals surface area contributed by atoms with E-state index in [1.165, 1.54) is 6.07 Å². The lowest BCUT2D eigenvalue weighted by Gasteiger charge is -2.19. The molecule has 1 amide bonds. The number of amides is 1. The molecule has 118 valence electrons. The van der Waals surface area contributed by atoms with E-state index in [9.17, 15) is 9.18 Å². The molecule has 3 atom stereocenters. The Hall–Kier alpha value is -1.62. The fourth-order valence-electron chi connectivity index (χ4n) is 2.07. The first-order valence-corrected chi connectivity index (χ1v) is 7.37. The van der Waals surface area contributed by atoms with Crippen LogP contribution >= 0.6 is 0 Å². The number of carbonyl (C=O) groups excluding carboxylic acids is 1. The van der Waals surface area contributed by atoms with Gasteiger partial charge in [0.2, 0.25) is 0 Å². The number of benzene rings is 1. The number of nitrogens with one attached hydrogen (secondary N) is 1. The van der Waals surface area contributed by atoms with Gasteiger partial charge in [-0.05, 0) is 33.3 Å². The van der Waals surface area contributed by atoms with Crippen molar-refractivity contribution in [1.82, 2.24) is 5.32 Å². The molecule has 0 aliphatic rings. The molecule has 3 N–H and O–H groups in total. The van der Waals surface area contributed by atoms with E-state index in [1.807, 2.05) is 6.92 Å². The average molecular weight is 296 g/mol. The summed E-state index contributed by atoms with van der Waals surface area (Å²) < 4.78 is 19.3. The minimum absolute atomic E-state index is 0.103. The van der Waals surface area contributed by atoms with E-state index >= 15 is 0 Å². The van der Waals surface area contributed by atoms with Gasteiger partial charge in [0, 0.05) is 23.7 Å². The standard InChI is InChI=1S/C16H25FN2O2/c1-5-6-10(2)19-16(20)12(4)21-13-7-8-14(11(3)18)15(17)9-13/h7-12H,5-6,18H2,1-4H3,(H,19,20). The smallest absolute Gasteiger partial charge is 0.260 e. The van der Waals surface area contributed by atoms with Gasteiger partial charge in [-0.2, -0.15) is 0 Å². The Balaban J connectivity index is 2.64. The fraction of sp³-hybridized carbons (Fsp3) is 0.562. The van der Waals surface area contributed by atoms with Crippen LogP contribution in [-0.4, -0.2) is 18.1 Å². The molecule has 0 saturated heterocycles. The molecular weight excluding hydrogens is 271 g/mol. The lowest BCUT2D eigenvalue weighted by atomic mass is 10.1. The van der Waals surface area contributed by atoms with Gasteiger partial charge in [0.25, 0.3) is 5.91 Å². The highest BCUT2D eigenvalue weighted by Gasteiger charge is 2.17. The first kappa shape index (κ1) is 17.4. The van der Waals surface area contributed by atoms with E-state index < -0.39 is 11.9 Å². The summed E-state index contributed by atoms with van der Waals surface area (Å²) in [5.74, 6) is -0.301. The normalized spacial score (nSPS) is 15.1. The predicted molar refractivity (Wildman–Crippen MR) is 81.6 cm³/mol. The number of halogens is 1. The maximum atomic E-state index is 13.8. The second kappa shape index (κ2) is 7.98. The number of nitrogens with two attached hydrogens (primary N) is 1. The quantitative estimate of drug-likeness (QED) is 0.813. The van der Waals surface area contributed by atoms with Crippen LogP contribution < -0.4 is 15.8 Å². The summed E-state index contributed by atoms with van der Waals surface area (Å²) in [6, 6.07) is 4.19. The van der Waals surface area contributed by atoms with E-state index in [2.05, 4.69) is 12.2 Å². The second-order valence-corrected chi connectivity index (χ2v) is 5.43. The first-order chi connectivity index (χ1) is 9.85. The lowest BCUT2D eigenvalue weighted by molar-refractivity contribution is -0.127. The van der Waals surface area contributed by atoms with E-state index in [0.717, 1.165) is 12.8 Å². The maximum absolute atomic E-state index is 13.8. The van der Waals surface area contributed by atoms with Crippen LogP contribution in [0.5, 0.6) is 5.75 Å². The monoisotopic (exact) mass is 296 g/mol. The molecular formula is C16H25FN2O2. The highest BCUT2D eigenvalue weighted by molar-refractivity contribution is 5.80. The molecule has 0 aliphatic carbocycles. The van der Waals surface area contributed by atoms with Crippen LogP contribution in [0.4, 0.5) is 4.39 Å². The molecule has 0 saturated carbocycles. The van der Waals surface area contributed by atoms with Gasteiger partial charge < -0.3 is 15.8 Å². The summed E-state index contributed by atoms with van der Waals surface area (Å²) in [5.41, 5.74) is 6.08. The molecule has 0 aromatic heterocycles. The highest BCUT2D eigenvalue weighted by atomic mass is 19.1. The Labute approximate surface area is 125 Å². The third-order valence-electron chi connectivity index (χ3n) is 3.25. The lowest BCUT2D eigenvalue weighted by Crippen LogP contribution is -2.41. The molecule has 5 heteroatoms. The van der Waals surface area contributed by atoms with Crippen molar-refractivity contribution < 1.29 is 13.9 Å². The molecule has 1 aromatic rings. The topological polar surface area (TPSA) is 64.3 Å². The molecule has 0 radical (unpaired) electrons. The Bertz CT molecular complexity index is 477. The fourth-order valence-corrected chi connectivity index (χ4v) is 2.07. The molecule has 0 bridgehead atoms. The average Bonchev–Trinajstić information content (AvgIpc) is 2.38. The van der Waals surface area contributed by atoms with Gasteiger partial charge in [0.1, 0.15) is 11.6 Å². The number of rotatable bonds is 7. The minimum atomic E-state index is -0.676. The van der Waals surface area contributed by atoms with Crippen LogP contribution in [0.25, 0.3) is 0 Å². The third kappa shape index (κ3) is 5.34. The predicted octanol–water partition coefficient (Wildman–Crippen LogP) is 2.92. The molecule has 0 fully saturated rings. The second-order valence-electron chi connectivity index (χ2n) is 5.43. The zero-order chi connectivity index (χ0) is 16.0. The summed E-state index contributed by atoms with van der Waals surface area (Å²) in [6.45, 7) is 7.37. The van der Waals surface area contributed by atoms with E-state index in [-0.39, 0.29) is 18.0 Å². The number of ether oxygens (including phenoxy) is 1. The van der Waals surface area contributed by atoms with Gasteiger partial charge in [-0.25, -0.2) is 4.39 Å². The number of carbonyl (C=O) groups is 1. The van der Waals surface area contributed by atoms with Crippen LogP contribution in [-0.2, 0) is 4.79 Å². The van der Waals surface area contributed by atoms with Crippen molar-refractivity contribution in [3.63, 3.8) is 0 Å². The molecule has 4 nitrogen and oxygen atoms in total. The maximum Gasteiger partial charge on any atom is 0.260 e. The van der Waals surface area contributed by atoms with Crippen molar-refractivity contribution in [1.29, 1.82) is 0 Å². The van der Waals surface area contributed by atoms with Crippen LogP contribution in [0.3, 0.4) is 0 Å². The van der Waals surface area contributed by atoms with Crippen LogP contribution in [0.1, 0.15) is 52.1 Å². The summed E-state index contributed by atoms with van der Waals surface area (Å²) in [7, 11) is 0. The van der Waals surface area contributed by atoms with Crippen molar-refractivity contribution >= 4 is 5.91 Å². The Morgan fingerprint density at radius 1 is 1.38 bits per heavy atom. The molecule has 0 heterocycles. The summed E-state index contributed by atoms with van der Waals surface area (Å²) in [4.78, 5) is 11.9. The molecule has 0 aliphatic heterocycles. The summed E-state index contributed by atoms with van der Waals surface area (Å²) >= 11 is 0. The van der Waals surface area contributed by atoms with Crippen molar-refractivity contribution in [3.05, 3.63) is 29.6 Å². The summed E-state index contributed by atoms with van der Waals surface area (Å²) in [5, 5.41) is 2.87. The molecule has 21 heavy (non-hydrogen) atoms. The molecule has 3 unspecified atom stereocenters. The van der Waals surface area contributed by atoms with E-state index in [4.69, 9.17) is 10.5 Å². The van der Waals surface area contributed by atoms with Gasteiger partial charge in [-0.1, -0.05) is 19.4 Å². The van der Waals surface area contributed by atoms with E-state index in [1.54, 1.807) is 26.0 Å². The Morgan fingerprint density at radius 2 is 2.05 bits per heavy atom. The van der Waals surface area contributed by atoms with Gasteiger partial charge in [0.15, 0.2) is 6.10 Å². The zero-order valence-electron chi connectivity index (χ0n) is 13.2. The highest BCUT2D eigenvalue weighted by Crippen LogP contribution is 2.21. The zero-order valence-corrected chi connectivity index (χ0v) is 13.2. The van der Waals surface area contributed by atoms with Crippen molar-refractivity contribution in [2.75, 3.05) is 0 Å². The third-order valence-corrected chi connectivity index (χ3v) is 3.25. The molecule has 1 aromatic carbocycles. The molecule has 0 spiro atoms. The summed E-state index contributed by atoms with van der Waals surface area (Å²) in [6.07, 6.45) is 1.24. The Kier molecular flexibility index (Phi) is 6.62. The number of hydrogen-bond donors (Lipinski definition) is 2. The van der Waals surface area contributed by atoms with Crippen molar-refractivity contribution in [2.45, 2.75) is 58.7 Å². The van der Waals surface area contributed by atoms with Crippen molar-refractivity contribution in [3.8, 4) is 5.75 Å². The SMILES string of the molecule is CCCC(C)NC(=O)C(C)Oc1ccc(C(C)N)c(F)c1.